The average molecular weight is 649 g/mol. The van der Waals surface area contributed by atoms with Crippen LogP contribution in [0, 0.1) is 0 Å². The predicted octanol–water partition coefficient (Wildman–Crippen LogP) is 13.2. The number of rotatable bonds is 2. The zero-order valence-corrected chi connectivity index (χ0v) is 27.5. The summed E-state index contributed by atoms with van der Waals surface area (Å²) in [4.78, 5) is 0. The number of para-hydroxylation sites is 3. The third-order valence-corrected chi connectivity index (χ3v) is 11.1. The van der Waals surface area contributed by atoms with E-state index < -0.39 is 0 Å². The molecule has 12 rings (SSSR count). The van der Waals surface area contributed by atoms with Crippen molar-refractivity contribution in [3.8, 4) is 11.4 Å². The van der Waals surface area contributed by atoms with Gasteiger partial charge in [-0.2, -0.15) is 0 Å². The summed E-state index contributed by atoms with van der Waals surface area (Å²) in [5.74, 6) is 0. The summed E-state index contributed by atoms with van der Waals surface area (Å²) in [6.45, 7) is 0. The smallest absolute Gasteiger partial charge is 0.137 e. The number of hydrogen-bond donors (Lipinski definition) is 0. The van der Waals surface area contributed by atoms with E-state index in [0.717, 1.165) is 33.3 Å². The van der Waals surface area contributed by atoms with Gasteiger partial charge in [-0.05, 0) is 86.9 Å². The predicted molar refractivity (Wildman–Crippen MR) is 215 cm³/mol. The summed E-state index contributed by atoms with van der Waals surface area (Å²) in [6, 6.07) is 61.9. The summed E-state index contributed by atoms with van der Waals surface area (Å²) >= 11 is 0. The Kier molecular flexibility index (Phi) is 5.23. The fraction of sp³-hybridized carbons (Fsp3) is 0. The van der Waals surface area contributed by atoms with Gasteiger partial charge in [0.25, 0.3) is 0 Å². The van der Waals surface area contributed by atoms with Crippen molar-refractivity contribution in [1.29, 1.82) is 0 Å². The Labute approximate surface area is 291 Å². The van der Waals surface area contributed by atoms with Gasteiger partial charge in [-0.25, -0.2) is 0 Å². The molecule has 0 fully saturated rings. The quantitative estimate of drug-likeness (QED) is 0.171. The molecule has 12 aromatic rings. The van der Waals surface area contributed by atoms with Gasteiger partial charge in [-0.1, -0.05) is 115 Å². The largest absolute Gasteiger partial charge is 0.456 e. The number of aromatic nitrogens is 2. The van der Waals surface area contributed by atoms with Crippen molar-refractivity contribution in [2.75, 3.05) is 0 Å². The van der Waals surface area contributed by atoms with Crippen LogP contribution in [-0.4, -0.2) is 9.13 Å². The summed E-state index contributed by atoms with van der Waals surface area (Å²) in [7, 11) is 0. The van der Waals surface area contributed by atoms with E-state index in [1.165, 1.54) is 75.9 Å². The van der Waals surface area contributed by atoms with Gasteiger partial charge in [-0.3, -0.25) is 0 Å². The Hall–Kier alpha value is -6.84. The minimum absolute atomic E-state index is 0.894. The zero-order valence-electron chi connectivity index (χ0n) is 27.5. The highest BCUT2D eigenvalue weighted by Gasteiger charge is 2.21. The molecule has 0 amide bonds. The number of hydrogen-bond acceptors (Lipinski definition) is 1. The van der Waals surface area contributed by atoms with Crippen LogP contribution in [0.4, 0.5) is 0 Å². The van der Waals surface area contributed by atoms with Crippen molar-refractivity contribution in [3.63, 3.8) is 0 Å². The van der Waals surface area contributed by atoms with Crippen LogP contribution >= 0.6 is 0 Å². The molecule has 236 valence electrons. The van der Waals surface area contributed by atoms with Gasteiger partial charge in [0.2, 0.25) is 0 Å². The minimum atomic E-state index is 0.894. The molecular formula is C48H28N2O. The van der Waals surface area contributed by atoms with Crippen LogP contribution < -0.4 is 0 Å². The first-order valence-corrected chi connectivity index (χ1v) is 17.5. The van der Waals surface area contributed by atoms with E-state index in [1.807, 2.05) is 6.07 Å². The van der Waals surface area contributed by atoms with Gasteiger partial charge in [0, 0.05) is 32.6 Å². The number of nitrogens with zero attached hydrogens (tertiary/aromatic N) is 2. The second-order valence-electron chi connectivity index (χ2n) is 13.7. The lowest BCUT2D eigenvalue weighted by molar-refractivity contribution is 0.669. The SMILES string of the molecule is c1ccc2c(c1)oc1cccc(-n3c4ccccc4c4cc5c6ccccc6n(-c6ccc7c8ccccc8c8ccccc8c7c6)c5cc43)c12. The standard InChI is InChI=1S/C48H28N2O/c1-2-14-32-30(12-1)31-13-3-4-15-33(31)38-26-29(24-25-34(32)38)49-41-19-8-5-16-35(41)39-27-40-36-17-6-9-20-42(36)50(45(40)28-44(39)49)43-21-11-23-47-48(43)37-18-7-10-22-46(37)51-47/h1-28H. The lowest BCUT2D eigenvalue weighted by Gasteiger charge is -2.14. The number of fused-ring (bicyclic) bond motifs is 15. The van der Waals surface area contributed by atoms with Crippen LogP contribution in [0.25, 0.3) is 109 Å². The van der Waals surface area contributed by atoms with E-state index in [9.17, 15) is 0 Å². The first-order chi connectivity index (χ1) is 25.3. The van der Waals surface area contributed by atoms with Crippen LogP contribution in [0.15, 0.2) is 174 Å². The second kappa shape index (κ2) is 9.87. The Morgan fingerprint density at radius 3 is 1.49 bits per heavy atom. The molecule has 0 bridgehead atoms. The molecule has 0 atom stereocenters. The zero-order chi connectivity index (χ0) is 33.2. The molecule has 3 heteroatoms. The fourth-order valence-corrected chi connectivity index (χ4v) is 8.95. The topological polar surface area (TPSA) is 23.0 Å². The van der Waals surface area contributed by atoms with E-state index in [4.69, 9.17) is 4.42 Å². The van der Waals surface area contributed by atoms with Crippen molar-refractivity contribution in [1.82, 2.24) is 9.13 Å². The second-order valence-corrected chi connectivity index (χ2v) is 13.7. The van der Waals surface area contributed by atoms with Crippen molar-refractivity contribution in [2.24, 2.45) is 0 Å². The van der Waals surface area contributed by atoms with Gasteiger partial charge in [-0.15, -0.1) is 0 Å². The Balaban J connectivity index is 1.22. The van der Waals surface area contributed by atoms with Gasteiger partial charge >= 0.3 is 0 Å². The lowest BCUT2D eigenvalue weighted by Crippen LogP contribution is -1.97. The summed E-state index contributed by atoms with van der Waals surface area (Å²) in [5.41, 5.74) is 8.80. The highest BCUT2D eigenvalue weighted by molar-refractivity contribution is 6.26. The van der Waals surface area contributed by atoms with Crippen LogP contribution in [0.3, 0.4) is 0 Å². The number of benzene rings is 9. The van der Waals surface area contributed by atoms with E-state index >= 15 is 0 Å². The maximum absolute atomic E-state index is 6.38. The van der Waals surface area contributed by atoms with Crippen molar-refractivity contribution >= 4 is 97.9 Å². The first kappa shape index (κ1) is 27.0. The molecule has 0 saturated heterocycles. The van der Waals surface area contributed by atoms with E-state index in [1.54, 1.807) is 0 Å². The molecule has 0 aliphatic rings. The molecule has 0 aliphatic carbocycles. The Morgan fingerprint density at radius 2 is 0.804 bits per heavy atom. The highest BCUT2D eigenvalue weighted by Crippen LogP contribution is 2.43. The van der Waals surface area contributed by atoms with E-state index in [0.29, 0.717) is 0 Å². The molecule has 3 nitrogen and oxygen atoms in total. The number of furan rings is 1. The highest BCUT2D eigenvalue weighted by atomic mass is 16.3. The van der Waals surface area contributed by atoms with Crippen LogP contribution in [-0.2, 0) is 0 Å². The molecule has 3 heterocycles. The average Bonchev–Trinajstić information content (AvgIpc) is 3.84. The fourth-order valence-electron chi connectivity index (χ4n) is 8.95. The minimum Gasteiger partial charge on any atom is -0.456 e. The molecule has 0 saturated carbocycles. The molecule has 0 unspecified atom stereocenters. The maximum Gasteiger partial charge on any atom is 0.137 e. The van der Waals surface area contributed by atoms with Gasteiger partial charge in [0.1, 0.15) is 11.2 Å². The molecule has 0 aliphatic heterocycles. The molecule has 3 aromatic heterocycles. The van der Waals surface area contributed by atoms with E-state index in [2.05, 4.69) is 173 Å². The summed E-state index contributed by atoms with van der Waals surface area (Å²) in [5, 5.41) is 14.9. The monoisotopic (exact) mass is 648 g/mol. The van der Waals surface area contributed by atoms with Gasteiger partial charge < -0.3 is 13.6 Å². The summed E-state index contributed by atoms with van der Waals surface area (Å²) < 4.78 is 11.3. The maximum atomic E-state index is 6.38. The normalized spacial score (nSPS) is 12.3. The molecule has 0 spiro atoms. The summed E-state index contributed by atoms with van der Waals surface area (Å²) in [6.07, 6.45) is 0. The van der Waals surface area contributed by atoms with Crippen LogP contribution in [0.1, 0.15) is 0 Å². The third-order valence-electron chi connectivity index (χ3n) is 11.1. The van der Waals surface area contributed by atoms with Gasteiger partial charge in [0.15, 0.2) is 0 Å². The molecule has 51 heavy (non-hydrogen) atoms. The molecule has 0 radical (unpaired) electrons. The first-order valence-electron chi connectivity index (χ1n) is 17.5. The van der Waals surface area contributed by atoms with Gasteiger partial charge in [0.05, 0.1) is 33.1 Å². The Morgan fingerprint density at radius 1 is 0.294 bits per heavy atom. The molecule has 9 aromatic carbocycles. The van der Waals surface area contributed by atoms with Crippen LogP contribution in [0.2, 0.25) is 0 Å². The lowest BCUT2D eigenvalue weighted by atomic mass is 9.94. The van der Waals surface area contributed by atoms with Crippen LogP contribution in [0.5, 0.6) is 0 Å². The van der Waals surface area contributed by atoms with Crippen molar-refractivity contribution in [3.05, 3.63) is 170 Å². The molecular weight excluding hydrogens is 621 g/mol. The van der Waals surface area contributed by atoms with E-state index in [-0.39, 0.29) is 0 Å². The van der Waals surface area contributed by atoms with Crippen molar-refractivity contribution < 1.29 is 4.42 Å². The molecule has 0 N–H and O–H groups in total. The Bertz CT molecular complexity index is 3390. The van der Waals surface area contributed by atoms with Crippen molar-refractivity contribution in [2.45, 2.75) is 0 Å². The third kappa shape index (κ3) is 3.57.